The summed E-state index contributed by atoms with van der Waals surface area (Å²) in [6.45, 7) is 8.09. The predicted molar refractivity (Wildman–Crippen MR) is 138 cm³/mol. The zero-order chi connectivity index (χ0) is 23.6. The molecule has 196 valence electrons. The third-order valence-electron chi connectivity index (χ3n) is 7.30. The third-order valence-corrected chi connectivity index (χ3v) is 10.7. The Balaban J connectivity index is 0. The number of hydrogen-bond donors (Lipinski definition) is 0. The molecule has 2 unspecified atom stereocenters. The molecule has 0 aliphatic carbocycles. The van der Waals surface area contributed by atoms with Crippen LogP contribution < -0.4 is 12.4 Å². The number of rotatable bonds is 22. The SMILES string of the molecule is CCCCCCCCCC(C(CC)[Si](OC)(OC)OC)[N+](C)(C)CCCCCCCC.[Cl-]. The normalized spacial score (nSPS) is 14.2. The van der Waals surface area contributed by atoms with Crippen LogP contribution >= 0.6 is 0 Å². The van der Waals surface area contributed by atoms with Gasteiger partial charge in [-0.15, -0.1) is 0 Å². The van der Waals surface area contributed by atoms with E-state index in [1.165, 1.54) is 96.4 Å². The number of halogens is 1. The lowest BCUT2D eigenvalue weighted by Gasteiger charge is -2.45. The first kappa shape index (κ1) is 34.5. The third kappa shape index (κ3) is 12.7. The topological polar surface area (TPSA) is 27.7 Å². The van der Waals surface area contributed by atoms with E-state index in [1.54, 1.807) is 21.3 Å². The molecule has 0 rings (SSSR count). The summed E-state index contributed by atoms with van der Waals surface area (Å²) in [6.07, 6.45) is 19.9. The van der Waals surface area contributed by atoms with E-state index in [0.29, 0.717) is 11.6 Å². The van der Waals surface area contributed by atoms with Gasteiger partial charge in [-0.3, -0.25) is 0 Å². The molecule has 0 heterocycles. The zero-order valence-corrected chi connectivity index (χ0v) is 24.8. The number of quaternary nitrogens is 1. The van der Waals surface area contributed by atoms with E-state index >= 15 is 0 Å². The Labute approximate surface area is 209 Å². The van der Waals surface area contributed by atoms with Crippen molar-refractivity contribution >= 4 is 8.80 Å². The Morgan fingerprint density at radius 2 is 1.03 bits per heavy atom. The fourth-order valence-electron chi connectivity index (χ4n) is 5.28. The summed E-state index contributed by atoms with van der Waals surface area (Å²) in [5.41, 5.74) is 0.336. The summed E-state index contributed by atoms with van der Waals surface area (Å²) in [7, 11) is 7.51. The Morgan fingerprint density at radius 3 is 1.44 bits per heavy atom. The van der Waals surface area contributed by atoms with E-state index in [9.17, 15) is 0 Å². The summed E-state index contributed by atoms with van der Waals surface area (Å²) in [5, 5.41) is 0. The van der Waals surface area contributed by atoms with Gasteiger partial charge in [0.25, 0.3) is 0 Å². The molecule has 0 aliphatic rings. The van der Waals surface area contributed by atoms with Gasteiger partial charge in [-0.05, 0) is 32.1 Å². The quantitative estimate of drug-likeness (QED) is 0.125. The van der Waals surface area contributed by atoms with Crippen molar-refractivity contribution < 1.29 is 30.2 Å². The summed E-state index contributed by atoms with van der Waals surface area (Å²) in [6, 6.07) is 0.516. The molecule has 0 saturated carbocycles. The van der Waals surface area contributed by atoms with Gasteiger partial charge in [0.2, 0.25) is 0 Å². The minimum atomic E-state index is -2.69. The molecule has 0 bridgehead atoms. The summed E-state index contributed by atoms with van der Waals surface area (Å²) in [4.78, 5) is 0. The highest BCUT2D eigenvalue weighted by atomic mass is 35.5. The van der Waals surface area contributed by atoms with Crippen LogP contribution in [0.4, 0.5) is 0 Å². The largest absolute Gasteiger partial charge is 1.00 e. The molecule has 0 spiro atoms. The monoisotopic (exact) mass is 495 g/mol. The molecule has 0 aromatic rings. The molecule has 0 fully saturated rings. The maximum atomic E-state index is 5.99. The lowest BCUT2D eigenvalue weighted by Crippen LogP contribution is -3.00. The highest BCUT2D eigenvalue weighted by Crippen LogP contribution is 2.38. The van der Waals surface area contributed by atoms with Crippen LogP contribution in [0, 0.1) is 0 Å². The van der Waals surface area contributed by atoms with Gasteiger partial charge in [0.1, 0.15) is 0 Å². The second-order valence-corrected chi connectivity index (χ2v) is 13.2. The number of unbranched alkanes of at least 4 members (excludes halogenated alkanes) is 11. The van der Waals surface area contributed by atoms with Crippen molar-refractivity contribution in [1.82, 2.24) is 0 Å². The average Bonchev–Trinajstić information content (AvgIpc) is 2.77. The molecule has 6 heteroatoms. The molecule has 0 aliphatic heterocycles. The lowest BCUT2D eigenvalue weighted by atomic mass is 9.98. The first-order valence-corrected chi connectivity index (χ1v) is 15.2. The maximum absolute atomic E-state index is 5.99. The van der Waals surface area contributed by atoms with Gasteiger partial charge in [-0.1, -0.05) is 85.0 Å². The maximum Gasteiger partial charge on any atom is 0.509 e. The Kier molecular flexibility index (Phi) is 22.3. The van der Waals surface area contributed by atoms with Crippen LogP contribution in [-0.4, -0.2) is 61.3 Å². The van der Waals surface area contributed by atoms with Gasteiger partial charge in [-0.2, -0.15) is 0 Å². The first-order chi connectivity index (χ1) is 14.9. The van der Waals surface area contributed by atoms with E-state index < -0.39 is 8.80 Å². The molecule has 0 amide bonds. The van der Waals surface area contributed by atoms with Crippen molar-refractivity contribution in [3.05, 3.63) is 0 Å². The van der Waals surface area contributed by atoms with E-state index in [0.717, 1.165) is 10.9 Å². The van der Waals surface area contributed by atoms with Crippen molar-refractivity contribution in [3.8, 4) is 0 Å². The fourth-order valence-corrected chi connectivity index (χ4v) is 8.23. The van der Waals surface area contributed by atoms with Gasteiger partial charge in [0.15, 0.2) is 0 Å². The standard InChI is InChI=1S/C26H58NO3Si.ClH/c1-9-12-14-16-18-19-21-23-25(26(11-3)31(28-6,29-7)30-8)27(4,5)24-22-20-17-15-13-10-2;/h25-26H,9-24H2,1-8H3;1H/q+1;/p-1. The van der Waals surface area contributed by atoms with E-state index in [1.807, 2.05) is 0 Å². The molecule has 2 atom stereocenters. The Bertz CT molecular complexity index is 400. The summed E-state index contributed by atoms with van der Waals surface area (Å²) < 4.78 is 19.0. The second kappa shape index (κ2) is 20.7. The van der Waals surface area contributed by atoms with Crippen molar-refractivity contribution in [2.45, 2.75) is 129 Å². The number of nitrogens with zero attached hydrogens (tertiary/aromatic N) is 1. The smallest absolute Gasteiger partial charge is 0.509 e. The van der Waals surface area contributed by atoms with Crippen LogP contribution in [0.3, 0.4) is 0 Å². The predicted octanol–water partition coefficient (Wildman–Crippen LogP) is 4.59. The van der Waals surface area contributed by atoms with Crippen molar-refractivity contribution in [2.24, 2.45) is 0 Å². The van der Waals surface area contributed by atoms with Crippen LogP contribution in [-0.2, 0) is 13.3 Å². The molecule has 32 heavy (non-hydrogen) atoms. The van der Waals surface area contributed by atoms with Gasteiger partial charge in [0, 0.05) is 21.3 Å². The van der Waals surface area contributed by atoms with Gasteiger partial charge in [0.05, 0.1) is 32.2 Å². The van der Waals surface area contributed by atoms with E-state index in [-0.39, 0.29) is 12.4 Å². The summed E-state index contributed by atoms with van der Waals surface area (Å²) >= 11 is 0. The molecular formula is C26H58ClNO3Si. The van der Waals surface area contributed by atoms with Crippen molar-refractivity contribution in [1.29, 1.82) is 0 Å². The van der Waals surface area contributed by atoms with Crippen LogP contribution in [0.1, 0.15) is 117 Å². The highest BCUT2D eigenvalue weighted by molar-refractivity contribution is 6.62. The van der Waals surface area contributed by atoms with Crippen molar-refractivity contribution in [3.63, 3.8) is 0 Å². The van der Waals surface area contributed by atoms with Gasteiger partial charge in [-0.25, -0.2) is 0 Å². The van der Waals surface area contributed by atoms with E-state index in [2.05, 4.69) is 34.9 Å². The van der Waals surface area contributed by atoms with Crippen LogP contribution in [0.5, 0.6) is 0 Å². The molecule has 0 aromatic heterocycles. The minimum Gasteiger partial charge on any atom is -1.00 e. The molecule has 0 N–H and O–H groups in total. The average molecular weight is 496 g/mol. The minimum absolute atomic E-state index is 0. The van der Waals surface area contributed by atoms with Crippen molar-refractivity contribution in [2.75, 3.05) is 42.0 Å². The van der Waals surface area contributed by atoms with E-state index in [4.69, 9.17) is 13.3 Å². The van der Waals surface area contributed by atoms with Crippen LogP contribution in [0.25, 0.3) is 0 Å². The molecular weight excluding hydrogens is 438 g/mol. The van der Waals surface area contributed by atoms with Gasteiger partial charge < -0.3 is 30.2 Å². The molecule has 0 saturated heterocycles. The van der Waals surface area contributed by atoms with Crippen LogP contribution in [0.15, 0.2) is 0 Å². The fraction of sp³-hybridized carbons (Fsp3) is 1.00. The molecule has 0 radical (unpaired) electrons. The second-order valence-electron chi connectivity index (χ2n) is 9.98. The van der Waals surface area contributed by atoms with Gasteiger partial charge >= 0.3 is 8.80 Å². The number of hydrogen-bond acceptors (Lipinski definition) is 3. The zero-order valence-electron chi connectivity index (χ0n) is 23.0. The lowest BCUT2D eigenvalue weighted by molar-refractivity contribution is -0.916. The first-order valence-electron chi connectivity index (χ1n) is 13.4. The van der Waals surface area contributed by atoms with Crippen LogP contribution in [0.2, 0.25) is 5.54 Å². The molecule has 4 nitrogen and oxygen atoms in total. The Hall–Kier alpha value is 0.347. The highest BCUT2D eigenvalue weighted by Gasteiger charge is 2.54. The summed E-state index contributed by atoms with van der Waals surface area (Å²) in [5.74, 6) is 0. The Morgan fingerprint density at radius 1 is 0.625 bits per heavy atom. The molecule has 0 aromatic carbocycles.